The van der Waals surface area contributed by atoms with Crippen molar-refractivity contribution in [3.63, 3.8) is 0 Å². The Morgan fingerprint density at radius 2 is 1.37 bits per heavy atom. The number of H-pyrrole nitrogens is 1. The Kier molecular flexibility index (Phi) is 20.9. The van der Waals surface area contributed by atoms with Crippen molar-refractivity contribution in [1.29, 1.82) is 0 Å². The maximum Gasteiger partial charge on any atom is 0.471 e. The van der Waals surface area contributed by atoms with Crippen LogP contribution in [0.4, 0.5) is 24.8 Å². The van der Waals surface area contributed by atoms with Crippen LogP contribution in [0.1, 0.15) is 28.9 Å². The lowest BCUT2D eigenvalue weighted by atomic mass is 10.1. The van der Waals surface area contributed by atoms with Crippen molar-refractivity contribution in [2.24, 2.45) is 0 Å². The van der Waals surface area contributed by atoms with E-state index in [1.807, 2.05) is 4.90 Å². The average molecular weight is 967 g/mol. The predicted molar refractivity (Wildman–Crippen MR) is 231 cm³/mol. The number of carbonyl (C=O) groups excluding carboxylic acids is 5. The van der Waals surface area contributed by atoms with Crippen LogP contribution in [0.2, 0.25) is 0 Å². The number of nitrogens with zero attached hydrogens (tertiary/aromatic N) is 7. The number of halogens is 3. The van der Waals surface area contributed by atoms with Gasteiger partial charge in [0.25, 0.3) is 11.5 Å². The van der Waals surface area contributed by atoms with Gasteiger partial charge in [-0.1, -0.05) is 0 Å². The van der Waals surface area contributed by atoms with Crippen LogP contribution < -0.4 is 32.1 Å². The number of alkyl halides is 3. The fourth-order valence-corrected chi connectivity index (χ4v) is 6.58. The molecule has 1 saturated heterocycles. The maximum absolute atomic E-state index is 13.7. The van der Waals surface area contributed by atoms with Crippen molar-refractivity contribution in [3.8, 4) is 0 Å². The van der Waals surface area contributed by atoms with Gasteiger partial charge in [0, 0.05) is 70.0 Å². The summed E-state index contributed by atoms with van der Waals surface area (Å²) in [7, 11) is 1.07. The first-order valence-corrected chi connectivity index (χ1v) is 21.0. The SMILES string of the molecule is COC(=O)[C@H](CCC(=O)NCCOCCOCCNC(=O)CN1CCN(CC(=O)O)CCN(CC(=O)O)CC1)NC(=O)c1ccc(N(Cc2cnc3nc(N)[nH]c(=O)c3n2)C(=O)C(F)(F)F)cc1. The molecule has 1 fully saturated rings. The fraction of sp³-hybridized carbons (Fsp3) is 0.525. The molecule has 0 bridgehead atoms. The van der Waals surface area contributed by atoms with E-state index < -0.39 is 60.0 Å². The van der Waals surface area contributed by atoms with Crippen molar-refractivity contribution in [3.05, 3.63) is 52.1 Å². The number of carboxylic acids is 2. The molecule has 1 aliphatic heterocycles. The van der Waals surface area contributed by atoms with E-state index in [1.54, 1.807) is 9.80 Å². The molecule has 25 nitrogen and oxygen atoms in total. The van der Waals surface area contributed by atoms with E-state index in [2.05, 4.69) is 35.9 Å². The molecule has 0 aliphatic carbocycles. The zero-order chi connectivity index (χ0) is 49.8. The van der Waals surface area contributed by atoms with Gasteiger partial charge in [-0.05, 0) is 30.7 Å². The number of nitrogen functional groups attached to an aromatic ring is 1. The zero-order valence-corrected chi connectivity index (χ0v) is 36.9. The molecule has 28 heteroatoms. The number of nitrogens with two attached hydrogens (primary N) is 1. The number of fused-ring (bicyclic) bond motifs is 1. The molecule has 0 unspecified atom stereocenters. The number of rotatable bonds is 24. The number of anilines is 2. The number of carboxylic acid groups (broad SMARTS) is 2. The molecular formula is C40H53F3N12O13. The summed E-state index contributed by atoms with van der Waals surface area (Å²) in [6.07, 6.45) is -4.71. The summed E-state index contributed by atoms with van der Waals surface area (Å²) >= 11 is 0. The number of amides is 4. The molecule has 4 rings (SSSR count). The topological polar surface area (TPSA) is 334 Å². The van der Waals surface area contributed by atoms with E-state index >= 15 is 0 Å². The van der Waals surface area contributed by atoms with E-state index in [0.29, 0.717) is 44.2 Å². The summed E-state index contributed by atoms with van der Waals surface area (Å²) in [6.45, 7) is 2.19. The third-order valence-electron chi connectivity index (χ3n) is 9.98. The summed E-state index contributed by atoms with van der Waals surface area (Å²) in [5.74, 6) is -7.02. The van der Waals surface area contributed by atoms with Crippen LogP contribution in [0.25, 0.3) is 11.2 Å². The highest BCUT2D eigenvalue weighted by Crippen LogP contribution is 2.26. The fourth-order valence-electron chi connectivity index (χ4n) is 6.58. The smallest absolute Gasteiger partial charge is 0.471 e. The van der Waals surface area contributed by atoms with Gasteiger partial charge in [0.1, 0.15) is 6.04 Å². The summed E-state index contributed by atoms with van der Waals surface area (Å²) in [4.78, 5) is 117. The van der Waals surface area contributed by atoms with Gasteiger partial charge in [0.05, 0.1) is 71.6 Å². The average Bonchev–Trinajstić information content (AvgIpc) is 3.36. The number of aliphatic carboxylic acids is 2. The van der Waals surface area contributed by atoms with Gasteiger partial charge in [-0.2, -0.15) is 18.2 Å². The van der Waals surface area contributed by atoms with Crippen LogP contribution in [0, 0.1) is 0 Å². The highest BCUT2D eigenvalue weighted by Gasteiger charge is 2.43. The Balaban J connectivity index is 1.15. The first-order chi connectivity index (χ1) is 32.3. The van der Waals surface area contributed by atoms with E-state index in [-0.39, 0.29) is 112 Å². The number of hydrogen-bond acceptors (Lipinski definition) is 18. The largest absolute Gasteiger partial charge is 0.480 e. The normalized spacial score (nSPS) is 14.5. The van der Waals surface area contributed by atoms with Crippen LogP contribution >= 0.6 is 0 Å². The number of hydrogen-bond donors (Lipinski definition) is 7. The molecule has 0 spiro atoms. The second kappa shape index (κ2) is 26.5. The van der Waals surface area contributed by atoms with Crippen LogP contribution in [0.5, 0.6) is 0 Å². The van der Waals surface area contributed by atoms with E-state index in [4.69, 9.17) is 19.9 Å². The third kappa shape index (κ3) is 18.1. The Bertz CT molecular complexity index is 2260. The van der Waals surface area contributed by atoms with Gasteiger partial charge >= 0.3 is 30.0 Å². The molecule has 8 N–H and O–H groups in total. The molecule has 0 radical (unpaired) electrons. The zero-order valence-electron chi connectivity index (χ0n) is 36.9. The first-order valence-electron chi connectivity index (χ1n) is 21.0. The molecule has 1 aliphatic rings. The number of methoxy groups -OCH3 is 1. The molecule has 68 heavy (non-hydrogen) atoms. The second-order valence-corrected chi connectivity index (χ2v) is 15.0. The summed E-state index contributed by atoms with van der Waals surface area (Å²) in [5.41, 5.74) is 3.57. The van der Waals surface area contributed by atoms with Crippen molar-refractivity contribution >= 4 is 64.3 Å². The maximum atomic E-state index is 13.7. The minimum absolute atomic E-state index is 0.0296. The number of benzene rings is 1. The van der Waals surface area contributed by atoms with E-state index in [1.165, 1.54) is 0 Å². The lowest BCUT2D eigenvalue weighted by molar-refractivity contribution is -0.170. The molecule has 1 aromatic carbocycles. The molecule has 3 aromatic rings. The highest BCUT2D eigenvalue weighted by molar-refractivity contribution is 5.99. The van der Waals surface area contributed by atoms with Gasteiger partial charge in [-0.25, -0.2) is 14.8 Å². The quantitative estimate of drug-likeness (QED) is 0.0370. The number of nitrogens with one attached hydrogen (secondary N) is 4. The van der Waals surface area contributed by atoms with Crippen LogP contribution in [-0.4, -0.2) is 204 Å². The lowest BCUT2D eigenvalue weighted by Crippen LogP contribution is -2.43. The Morgan fingerprint density at radius 1 is 0.824 bits per heavy atom. The lowest BCUT2D eigenvalue weighted by Gasteiger charge is -2.24. The minimum atomic E-state index is -5.33. The van der Waals surface area contributed by atoms with Crippen LogP contribution in [-0.2, 0) is 49.5 Å². The number of aromatic amines is 1. The molecule has 372 valence electrons. The molecule has 2 aromatic heterocycles. The minimum Gasteiger partial charge on any atom is -0.480 e. The van der Waals surface area contributed by atoms with Crippen molar-refractivity contribution in [2.45, 2.75) is 31.6 Å². The highest BCUT2D eigenvalue weighted by atomic mass is 19.4. The van der Waals surface area contributed by atoms with Crippen LogP contribution in [0.3, 0.4) is 0 Å². The number of ether oxygens (including phenoxy) is 3. The predicted octanol–water partition coefficient (Wildman–Crippen LogP) is -2.20. The van der Waals surface area contributed by atoms with Crippen molar-refractivity contribution in [2.75, 3.05) is 116 Å². The van der Waals surface area contributed by atoms with Gasteiger partial charge in [0.2, 0.25) is 17.8 Å². The van der Waals surface area contributed by atoms with Gasteiger partial charge in [-0.3, -0.25) is 58.1 Å². The molecular weight excluding hydrogens is 914 g/mol. The van der Waals surface area contributed by atoms with Gasteiger partial charge in [0.15, 0.2) is 11.2 Å². The number of esters is 1. The van der Waals surface area contributed by atoms with E-state index in [9.17, 15) is 61.7 Å². The summed E-state index contributed by atoms with van der Waals surface area (Å²) in [6, 6.07) is 3.04. The monoisotopic (exact) mass is 966 g/mol. The Hall–Kier alpha value is -6.88. The molecule has 3 heterocycles. The standard InChI is InChI=1S/C40H53F3N12O13/c1-66-37(64)28(49-35(62)25-2-4-27(5-3-25)55(38(65)40(41,42)43)21-26-20-47-34-33(48-26)36(63)51-39(44)50-34)6-7-29(56)45-8-16-67-18-19-68-17-9-46-30(57)22-52-10-12-53(23-31(58)59)14-15-54(13-11-52)24-32(60)61/h2-5,20,28H,6-19,21-24H2,1H3,(H,45,56)(H,46,57)(H,49,62)(H,58,59)(H,60,61)(H3,44,47,50,51,63)/t28-/m0/s1. The van der Waals surface area contributed by atoms with Gasteiger partial charge in [-0.15, -0.1) is 0 Å². The third-order valence-corrected chi connectivity index (χ3v) is 9.98. The molecule has 0 saturated carbocycles. The number of carbonyl (C=O) groups is 7. The van der Waals surface area contributed by atoms with Crippen molar-refractivity contribution < 1.29 is 71.2 Å². The Morgan fingerprint density at radius 3 is 1.90 bits per heavy atom. The molecule has 4 amide bonds. The summed E-state index contributed by atoms with van der Waals surface area (Å²) < 4.78 is 56.7. The molecule has 1 atom stereocenters. The van der Waals surface area contributed by atoms with Crippen molar-refractivity contribution in [1.82, 2.24) is 50.6 Å². The summed E-state index contributed by atoms with van der Waals surface area (Å²) in [5, 5.41) is 26.2. The number of aromatic nitrogens is 4. The van der Waals surface area contributed by atoms with Crippen LogP contribution in [0.15, 0.2) is 35.3 Å². The second-order valence-electron chi connectivity index (χ2n) is 15.0. The van der Waals surface area contributed by atoms with Gasteiger partial charge < -0.3 is 46.1 Å². The van der Waals surface area contributed by atoms with E-state index in [0.717, 1.165) is 37.6 Å². The first kappa shape index (κ1) is 53.7. The Labute approximate surface area is 385 Å².